The van der Waals surface area contributed by atoms with Crippen molar-refractivity contribution in [2.75, 3.05) is 13.6 Å². The van der Waals surface area contributed by atoms with Crippen LogP contribution in [0.2, 0.25) is 0 Å². The number of amides is 1. The highest BCUT2D eigenvalue weighted by atomic mass is 127. The zero-order valence-electron chi connectivity index (χ0n) is 9.20. The number of fused-ring (bicyclic) bond motifs is 1. The Bertz CT molecular complexity index is 435. The second-order valence-corrected chi connectivity index (χ2v) is 3.47. The van der Waals surface area contributed by atoms with E-state index in [0.29, 0.717) is 17.9 Å². The van der Waals surface area contributed by atoms with Gasteiger partial charge >= 0.3 is 5.91 Å². The number of aryl methyl sites for hydroxylation is 1. The Balaban J connectivity index is 0.00000128. The molecule has 1 aromatic rings. The zero-order valence-corrected chi connectivity index (χ0v) is 11.4. The summed E-state index contributed by atoms with van der Waals surface area (Å²) in [4.78, 5) is 20.2. The van der Waals surface area contributed by atoms with Gasteiger partial charge in [-0.2, -0.15) is 15.0 Å². The molecule has 5 nitrogen and oxygen atoms in total. The summed E-state index contributed by atoms with van der Waals surface area (Å²) in [5.41, 5.74) is 0.583. The van der Waals surface area contributed by atoms with Crippen molar-refractivity contribution in [3.8, 4) is 0 Å². The first kappa shape index (κ1) is 13.0. The number of carbonyl (C=O) groups is 1. The third-order valence-corrected chi connectivity index (χ3v) is 2.44. The number of nitrogens with zero attached hydrogens (tertiary/aromatic N) is 3. The van der Waals surface area contributed by atoms with Crippen LogP contribution >= 0.6 is 0 Å². The molecule has 1 aromatic heterocycles. The van der Waals surface area contributed by atoms with Gasteiger partial charge in [0.25, 0.3) is 5.82 Å². The van der Waals surface area contributed by atoms with E-state index in [9.17, 15) is 4.79 Å². The van der Waals surface area contributed by atoms with E-state index < -0.39 is 0 Å². The summed E-state index contributed by atoms with van der Waals surface area (Å²) >= 11 is 0. The molecule has 0 spiro atoms. The van der Waals surface area contributed by atoms with Crippen LogP contribution in [0.15, 0.2) is 18.9 Å². The number of rotatable bonds is 2. The number of quaternary nitrogens is 1. The maximum atomic E-state index is 11.9. The topological polar surface area (TPSA) is 50.5 Å². The van der Waals surface area contributed by atoms with Gasteiger partial charge in [-0.25, -0.2) is 4.98 Å². The summed E-state index contributed by atoms with van der Waals surface area (Å²) in [6.07, 6.45) is 3.29. The first-order valence-electron chi connectivity index (χ1n) is 4.75. The van der Waals surface area contributed by atoms with Crippen molar-refractivity contribution in [2.24, 2.45) is 0 Å². The summed E-state index contributed by atoms with van der Waals surface area (Å²) in [6, 6.07) is 0. The monoisotopic (exact) mass is 332 g/mol. The Morgan fingerprint density at radius 2 is 2.31 bits per heavy atom. The molecule has 16 heavy (non-hydrogen) atoms. The summed E-state index contributed by atoms with van der Waals surface area (Å²) in [6.45, 7) is 5.96. The van der Waals surface area contributed by atoms with E-state index in [2.05, 4.69) is 16.5 Å². The molecule has 1 aliphatic heterocycles. The van der Waals surface area contributed by atoms with Crippen molar-refractivity contribution in [1.29, 1.82) is 0 Å². The van der Waals surface area contributed by atoms with Crippen molar-refractivity contribution < 1.29 is 33.8 Å². The van der Waals surface area contributed by atoms with Crippen LogP contribution in [0.25, 0.3) is 0 Å². The number of halogens is 1. The molecule has 1 aliphatic rings. The van der Waals surface area contributed by atoms with Crippen molar-refractivity contribution in [2.45, 2.75) is 6.92 Å². The van der Waals surface area contributed by atoms with Crippen LogP contribution in [0.4, 0.5) is 5.82 Å². The van der Waals surface area contributed by atoms with Gasteiger partial charge in [0.15, 0.2) is 0 Å². The second kappa shape index (κ2) is 4.88. The molecule has 0 saturated carbocycles. The van der Waals surface area contributed by atoms with Gasteiger partial charge < -0.3 is 24.0 Å². The zero-order chi connectivity index (χ0) is 11.0. The number of hydrogen-bond acceptors (Lipinski definition) is 3. The normalized spacial score (nSPS) is 18.0. The van der Waals surface area contributed by atoms with Crippen molar-refractivity contribution >= 4 is 11.7 Å². The van der Waals surface area contributed by atoms with Crippen LogP contribution in [-0.2, 0) is 0 Å². The standard InChI is InChI=1S/C10H12N4O.HI/c1-4-5-14-10(15)8-6-11-7(2)12-9(8)13(14)3;/h4,6H,1,5H2,2-3H3;1H. The molecule has 0 aromatic carbocycles. The van der Waals surface area contributed by atoms with Crippen LogP contribution < -0.4 is 29.0 Å². The average molecular weight is 332 g/mol. The van der Waals surface area contributed by atoms with Gasteiger partial charge in [-0.15, -0.1) is 6.58 Å². The molecule has 2 rings (SSSR count). The molecule has 1 N–H and O–H groups in total. The third kappa shape index (κ3) is 1.94. The first-order valence-corrected chi connectivity index (χ1v) is 4.75. The number of aromatic nitrogens is 2. The third-order valence-electron chi connectivity index (χ3n) is 2.44. The molecular weight excluding hydrogens is 319 g/mol. The quantitative estimate of drug-likeness (QED) is 0.452. The molecule has 0 saturated heterocycles. The van der Waals surface area contributed by atoms with Crippen molar-refractivity contribution in [3.05, 3.63) is 30.2 Å². The molecule has 6 heteroatoms. The number of nitrogens with one attached hydrogen (secondary N) is 1. The Morgan fingerprint density at radius 3 is 2.94 bits per heavy atom. The van der Waals surface area contributed by atoms with Crippen LogP contribution in [0, 0.1) is 6.92 Å². The predicted molar refractivity (Wildman–Crippen MR) is 54.5 cm³/mol. The minimum absolute atomic E-state index is 0. The van der Waals surface area contributed by atoms with E-state index in [1.54, 1.807) is 17.3 Å². The molecule has 0 fully saturated rings. The summed E-state index contributed by atoms with van der Waals surface area (Å²) in [7, 11) is 1.89. The number of carbonyl (C=O) groups excluding carboxylic acids is 1. The Kier molecular flexibility index (Phi) is 3.98. The lowest BCUT2D eigenvalue weighted by atomic mass is 10.3. The lowest BCUT2D eigenvalue weighted by Crippen LogP contribution is -3.10. The van der Waals surface area contributed by atoms with E-state index in [1.807, 2.05) is 14.0 Å². The van der Waals surface area contributed by atoms with E-state index in [4.69, 9.17) is 0 Å². The summed E-state index contributed by atoms with van der Waals surface area (Å²) in [5, 5.41) is 2.53. The Labute approximate surface area is 111 Å². The van der Waals surface area contributed by atoms with E-state index >= 15 is 0 Å². The van der Waals surface area contributed by atoms with E-state index in [0.717, 1.165) is 10.8 Å². The molecule has 86 valence electrons. The summed E-state index contributed by atoms with van der Waals surface area (Å²) in [5.74, 6) is 1.39. The molecule has 0 radical (unpaired) electrons. The fourth-order valence-electron chi connectivity index (χ4n) is 1.68. The molecule has 1 unspecified atom stereocenters. The number of hydrogen-bond donors (Lipinski definition) is 1. The van der Waals surface area contributed by atoms with Crippen LogP contribution in [-0.4, -0.2) is 34.5 Å². The minimum Gasteiger partial charge on any atom is -1.00 e. The fraction of sp³-hybridized carbons (Fsp3) is 0.300. The maximum absolute atomic E-state index is 11.9. The smallest absolute Gasteiger partial charge is 0.308 e. The van der Waals surface area contributed by atoms with Gasteiger partial charge in [-0.05, 0) is 6.92 Å². The second-order valence-electron chi connectivity index (χ2n) is 3.47. The fourth-order valence-corrected chi connectivity index (χ4v) is 1.68. The molecular formula is C10H13IN4O. The highest BCUT2D eigenvalue weighted by molar-refractivity contribution is 5.98. The van der Waals surface area contributed by atoms with Crippen molar-refractivity contribution in [1.82, 2.24) is 15.0 Å². The minimum atomic E-state index is -0.0394. The highest BCUT2D eigenvalue weighted by Crippen LogP contribution is 2.14. The van der Waals surface area contributed by atoms with Gasteiger partial charge in [-0.3, -0.25) is 4.79 Å². The Morgan fingerprint density at radius 1 is 1.62 bits per heavy atom. The lowest BCUT2D eigenvalue weighted by Gasteiger charge is -2.17. The summed E-state index contributed by atoms with van der Waals surface area (Å²) < 4.78 is 0. The van der Waals surface area contributed by atoms with Crippen LogP contribution in [0.5, 0.6) is 0 Å². The first-order chi connectivity index (χ1) is 7.15. The predicted octanol–water partition coefficient (Wildman–Crippen LogP) is -3.51. The van der Waals surface area contributed by atoms with E-state index in [-0.39, 0.29) is 29.9 Å². The molecule has 2 heterocycles. The van der Waals surface area contributed by atoms with Gasteiger partial charge in [0.2, 0.25) is 0 Å². The average Bonchev–Trinajstić information content (AvgIpc) is 2.44. The molecule has 1 amide bonds. The Hall–Kier alpha value is -1.02. The SMILES string of the molecule is C=CCN1C(=O)c2cnc(C)nc2[NH+]1C.[I-]. The van der Waals surface area contributed by atoms with Crippen LogP contribution in [0.1, 0.15) is 16.2 Å². The molecule has 1 atom stereocenters. The molecule has 0 aliphatic carbocycles. The van der Waals surface area contributed by atoms with E-state index in [1.165, 1.54) is 0 Å². The lowest BCUT2D eigenvalue weighted by molar-refractivity contribution is -0.921. The highest BCUT2D eigenvalue weighted by Gasteiger charge is 2.38. The van der Waals surface area contributed by atoms with Gasteiger partial charge in [0, 0.05) is 6.20 Å². The van der Waals surface area contributed by atoms with Crippen molar-refractivity contribution in [3.63, 3.8) is 0 Å². The molecule has 0 bridgehead atoms. The maximum Gasteiger partial charge on any atom is 0.308 e. The van der Waals surface area contributed by atoms with Gasteiger partial charge in [0.1, 0.15) is 11.4 Å². The largest absolute Gasteiger partial charge is 1.00 e. The van der Waals surface area contributed by atoms with Gasteiger partial charge in [-0.1, -0.05) is 6.08 Å². The van der Waals surface area contributed by atoms with Crippen LogP contribution in [0.3, 0.4) is 0 Å². The van der Waals surface area contributed by atoms with Gasteiger partial charge in [0.05, 0.1) is 13.6 Å².